The van der Waals surface area contributed by atoms with Gasteiger partial charge in [0.2, 0.25) is 5.91 Å². The van der Waals surface area contributed by atoms with Crippen LogP contribution in [-0.4, -0.2) is 12.5 Å². The van der Waals surface area contributed by atoms with E-state index < -0.39 is 6.61 Å². The van der Waals surface area contributed by atoms with Crippen molar-refractivity contribution in [2.24, 2.45) is 0 Å². The zero-order valence-corrected chi connectivity index (χ0v) is 11.0. The van der Waals surface area contributed by atoms with E-state index in [1.807, 2.05) is 0 Å². The second-order valence-corrected chi connectivity index (χ2v) is 4.22. The van der Waals surface area contributed by atoms with Gasteiger partial charge in [-0.05, 0) is 12.5 Å². The number of carbonyl (C=O) groups is 1. The van der Waals surface area contributed by atoms with Gasteiger partial charge in [0, 0.05) is 18.5 Å². The maximum absolute atomic E-state index is 12.2. The average Bonchev–Trinajstić information content (AvgIpc) is 2.37. The zero-order chi connectivity index (χ0) is 14.1. The third kappa shape index (κ3) is 6.18. The molecule has 0 aliphatic rings. The first-order valence-corrected chi connectivity index (χ1v) is 6.43. The molecule has 5 heteroatoms. The summed E-state index contributed by atoms with van der Waals surface area (Å²) in [6, 6.07) is 6.45. The molecule has 0 atom stereocenters. The number of rotatable bonds is 8. The van der Waals surface area contributed by atoms with E-state index in [-0.39, 0.29) is 18.2 Å². The zero-order valence-electron chi connectivity index (χ0n) is 11.0. The van der Waals surface area contributed by atoms with Gasteiger partial charge in [-0.2, -0.15) is 8.78 Å². The highest BCUT2D eigenvalue weighted by Crippen LogP contribution is 2.19. The molecular weight excluding hydrogens is 252 g/mol. The molecule has 19 heavy (non-hydrogen) atoms. The number of amides is 1. The van der Waals surface area contributed by atoms with Crippen LogP contribution in [-0.2, 0) is 11.3 Å². The number of carbonyl (C=O) groups excluding carboxylic acids is 1. The van der Waals surface area contributed by atoms with Crippen LogP contribution in [0.15, 0.2) is 24.3 Å². The van der Waals surface area contributed by atoms with Gasteiger partial charge in [-0.25, -0.2) is 0 Å². The van der Waals surface area contributed by atoms with Crippen molar-refractivity contribution in [3.8, 4) is 5.75 Å². The third-order valence-electron chi connectivity index (χ3n) is 2.67. The first kappa shape index (κ1) is 15.4. The molecule has 3 nitrogen and oxygen atoms in total. The van der Waals surface area contributed by atoms with E-state index >= 15 is 0 Å². The van der Waals surface area contributed by atoms with Crippen molar-refractivity contribution < 1.29 is 18.3 Å². The summed E-state index contributed by atoms with van der Waals surface area (Å²) < 4.78 is 28.8. The maximum Gasteiger partial charge on any atom is 0.387 e. The van der Waals surface area contributed by atoms with Crippen molar-refractivity contribution in [3.63, 3.8) is 0 Å². The lowest BCUT2D eigenvalue weighted by molar-refractivity contribution is -0.121. The summed E-state index contributed by atoms with van der Waals surface area (Å²) >= 11 is 0. The largest absolute Gasteiger partial charge is 0.434 e. The highest BCUT2D eigenvalue weighted by Gasteiger charge is 2.09. The molecule has 0 heterocycles. The first-order chi connectivity index (χ1) is 9.13. The normalized spacial score (nSPS) is 10.5. The second kappa shape index (κ2) is 8.45. The summed E-state index contributed by atoms with van der Waals surface area (Å²) in [5.41, 5.74) is 0.548. The highest BCUT2D eigenvalue weighted by atomic mass is 19.3. The molecule has 0 aliphatic heterocycles. The number of benzene rings is 1. The smallest absolute Gasteiger partial charge is 0.387 e. The van der Waals surface area contributed by atoms with Crippen LogP contribution in [0.25, 0.3) is 0 Å². The third-order valence-corrected chi connectivity index (χ3v) is 2.67. The molecule has 1 N–H and O–H groups in total. The molecule has 0 aliphatic carbocycles. The van der Waals surface area contributed by atoms with Gasteiger partial charge < -0.3 is 10.1 Å². The molecule has 106 valence electrons. The lowest BCUT2D eigenvalue weighted by Crippen LogP contribution is -2.22. The van der Waals surface area contributed by atoms with Crippen LogP contribution in [0, 0.1) is 0 Å². The minimum atomic E-state index is -2.86. The van der Waals surface area contributed by atoms with E-state index in [2.05, 4.69) is 17.0 Å². The Hall–Kier alpha value is -1.65. The number of unbranched alkanes of at least 4 members (excludes halogenated alkanes) is 2. The molecule has 0 saturated carbocycles. The van der Waals surface area contributed by atoms with Crippen LogP contribution < -0.4 is 10.1 Å². The van der Waals surface area contributed by atoms with Crippen molar-refractivity contribution in [2.45, 2.75) is 45.8 Å². The van der Waals surface area contributed by atoms with E-state index in [1.165, 1.54) is 6.07 Å². The summed E-state index contributed by atoms with van der Waals surface area (Å²) in [7, 11) is 0. The Balaban J connectivity index is 2.46. The molecule has 1 aromatic carbocycles. The molecule has 0 aromatic heterocycles. The van der Waals surface area contributed by atoms with Crippen LogP contribution >= 0.6 is 0 Å². The topological polar surface area (TPSA) is 38.3 Å². The summed E-state index contributed by atoms with van der Waals surface area (Å²) in [6.45, 7) is -0.592. The maximum atomic E-state index is 12.2. The number of para-hydroxylation sites is 1. The summed E-state index contributed by atoms with van der Waals surface area (Å²) in [4.78, 5) is 11.5. The van der Waals surface area contributed by atoms with Crippen molar-refractivity contribution >= 4 is 5.91 Å². The molecule has 0 unspecified atom stereocenters. The lowest BCUT2D eigenvalue weighted by atomic mass is 10.2. The fraction of sp³-hybridized carbons (Fsp3) is 0.500. The SMILES string of the molecule is CCCCCC(=O)NCc1ccccc1OC(F)F. The molecule has 0 saturated heterocycles. The first-order valence-electron chi connectivity index (χ1n) is 6.43. The molecule has 0 bridgehead atoms. The number of hydrogen-bond acceptors (Lipinski definition) is 2. The molecule has 0 fully saturated rings. The Morgan fingerprint density at radius 3 is 2.74 bits per heavy atom. The van der Waals surface area contributed by atoms with Gasteiger partial charge >= 0.3 is 6.61 Å². The van der Waals surface area contributed by atoms with E-state index in [0.717, 1.165) is 19.3 Å². The van der Waals surface area contributed by atoms with Crippen molar-refractivity contribution in [1.82, 2.24) is 5.32 Å². The number of nitrogens with one attached hydrogen (secondary N) is 1. The van der Waals surface area contributed by atoms with E-state index in [0.29, 0.717) is 12.0 Å². The minimum Gasteiger partial charge on any atom is -0.434 e. The summed E-state index contributed by atoms with van der Waals surface area (Å²) in [5, 5.41) is 2.71. The number of ether oxygens (including phenoxy) is 1. The standard InChI is InChI=1S/C14H19F2NO2/c1-2-3-4-9-13(18)17-10-11-7-5-6-8-12(11)19-14(15)16/h5-8,14H,2-4,9-10H2,1H3,(H,17,18). The van der Waals surface area contributed by atoms with Gasteiger partial charge in [-0.3, -0.25) is 4.79 Å². The second-order valence-electron chi connectivity index (χ2n) is 4.22. The molecule has 1 aromatic rings. The Kier molecular flexibility index (Phi) is 6.85. The molecule has 0 spiro atoms. The van der Waals surface area contributed by atoms with Gasteiger partial charge in [-0.1, -0.05) is 38.0 Å². The van der Waals surface area contributed by atoms with E-state index in [1.54, 1.807) is 18.2 Å². The molecule has 1 rings (SSSR count). The Morgan fingerprint density at radius 2 is 2.05 bits per heavy atom. The number of halogens is 2. The monoisotopic (exact) mass is 271 g/mol. The minimum absolute atomic E-state index is 0.0692. The highest BCUT2D eigenvalue weighted by molar-refractivity contribution is 5.75. The van der Waals surface area contributed by atoms with Crippen LogP contribution in [0.1, 0.15) is 38.2 Å². The Bertz CT molecular complexity index is 397. The summed E-state index contributed by atoms with van der Waals surface area (Å²) in [5.74, 6) is 0.0339. The fourth-order valence-electron chi connectivity index (χ4n) is 1.68. The van der Waals surface area contributed by atoms with Gasteiger partial charge in [0.25, 0.3) is 0 Å². The Morgan fingerprint density at radius 1 is 1.32 bits per heavy atom. The van der Waals surface area contributed by atoms with Crippen molar-refractivity contribution in [1.29, 1.82) is 0 Å². The van der Waals surface area contributed by atoms with Crippen LogP contribution in [0.3, 0.4) is 0 Å². The summed E-state index contributed by atoms with van der Waals surface area (Å²) in [6.07, 6.45) is 3.38. The molecule has 1 amide bonds. The van der Waals surface area contributed by atoms with E-state index in [9.17, 15) is 13.6 Å². The predicted molar refractivity (Wildman–Crippen MR) is 69.1 cm³/mol. The van der Waals surface area contributed by atoms with Gasteiger partial charge in [0.05, 0.1) is 0 Å². The lowest BCUT2D eigenvalue weighted by Gasteiger charge is -2.11. The van der Waals surface area contributed by atoms with E-state index in [4.69, 9.17) is 0 Å². The van der Waals surface area contributed by atoms with Gasteiger partial charge in [0.15, 0.2) is 0 Å². The number of hydrogen-bond donors (Lipinski definition) is 1. The predicted octanol–water partition coefficient (Wildman–Crippen LogP) is 3.48. The van der Waals surface area contributed by atoms with Gasteiger partial charge in [0.1, 0.15) is 5.75 Å². The average molecular weight is 271 g/mol. The molecule has 0 radical (unpaired) electrons. The fourth-order valence-corrected chi connectivity index (χ4v) is 1.68. The van der Waals surface area contributed by atoms with Gasteiger partial charge in [-0.15, -0.1) is 0 Å². The number of alkyl halides is 2. The molecular formula is C14H19F2NO2. The van der Waals surface area contributed by atoms with Crippen molar-refractivity contribution in [2.75, 3.05) is 0 Å². The Labute approximate surface area is 112 Å². The van der Waals surface area contributed by atoms with Crippen LogP contribution in [0.2, 0.25) is 0 Å². The van der Waals surface area contributed by atoms with Crippen LogP contribution in [0.4, 0.5) is 8.78 Å². The van der Waals surface area contributed by atoms with Crippen LogP contribution in [0.5, 0.6) is 5.75 Å². The van der Waals surface area contributed by atoms with Crippen molar-refractivity contribution in [3.05, 3.63) is 29.8 Å². The quantitative estimate of drug-likeness (QED) is 0.735.